The summed E-state index contributed by atoms with van der Waals surface area (Å²) >= 11 is 6.82. The Hall–Kier alpha value is -3.35. The van der Waals surface area contributed by atoms with Crippen LogP contribution in [0.2, 0.25) is 0 Å². The van der Waals surface area contributed by atoms with Crippen molar-refractivity contribution in [2.45, 2.75) is 20.5 Å². The monoisotopic (exact) mass is 470 g/mol. The van der Waals surface area contributed by atoms with Crippen LogP contribution in [0.4, 0.5) is 0 Å². The molecule has 4 nitrogen and oxygen atoms in total. The van der Waals surface area contributed by atoms with E-state index in [2.05, 4.69) is 30.3 Å². The standard InChI is InChI=1S/C27H22N2O2S2/c1-18-7-8-19(2)28(18)29-26(30)25(33-27(29)32)16-20-10-13-24(14-11-20)31-17-21-9-12-22-5-3-4-6-23(22)15-21/h3-16H,17H2,1-2H3/b25-16-. The van der Waals surface area contributed by atoms with E-state index < -0.39 is 0 Å². The number of fused-ring (bicyclic) bond motifs is 1. The van der Waals surface area contributed by atoms with Crippen LogP contribution in [-0.2, 0) is 11.4 Å². The smallest absolute Gasteiger partial charge is 0.285 e. The molecule has 4 aromatic rings. The predicted octanol–water partition coefficient (Wildman–Crippen LogP) is 6.37. The van der Waals surface area contributed by atoms with Gasteiger partial charge in [0.15, 0.2) is 4.32 Å². The molecule has 0 atom stereocenters. The lowest BCUT2D eigenvalue weighted by atomic mass is 10.1. The van der Waals surface area contributed by atoms with Gasteiger partial charge in [-0.1, -0.05) is 60.3 Å². The summed E-state index contributed by atoms with van der Waals surface area (Å²) in [5.74, 6) is 0.676. The summed E-state index contributed by atoms with van der Waals surface area (Å²) < 4.78 is 8.37. The second-order valence-corrected chi connectivity index (χ2v) is 9.64. The van der Waals surface area contributed by atoms with E-state index in [0.717, 1.165) is 28.3 Å². The molecule has 1 amide bonds. The SMILES string of the molecule is Cc1ccc(C)n1N1C(=O)/C(=C/c2ccc(OCc3ccc4ccccc4c3)cc2)SC1=S. The van der Waals surface area contributed by atoms with Gasteiger partial charge in [0.05, 0.1) is 4.91 Å². The van der Waals surface area contributed by atoms with Crippen molar-refractivity contribution < 1.29 is 9.53 Å². The number of aromatic nitrogens is 1. The van der Waals surface area contributed by atoms with Crippen molar-refractivity contribution in [1.29, 1.82) is 0 Å². The van der Waals surface area contributed by atoms with Gasteiger partial charge in [0.1, 0.15) is 12.4 Å². The number of thiocarbonyl (C=S) groups is 1. The van der Waals surface area contributed by atoms with Gasteiger partial charge in [0.2, 0.25) is 0 Å². The normalized spacial score (nSPS) is 15.1. The van der Waals surface area contributed by atoms with Gasteiger partial charge < -0.3 is 4.74 Å². The number of thioether (sulfide) groups is 1. The van der Waals surface area contributed by atoms with Crippen LogP contribution in [0.1, 0.15) is 22.5 Å². The quantitative estimate of drug-likeness (QED) is 0.251. The highest BCUT2D eigenvalue weighted by Gasteiger charge is 2.34. The number of rotatable bonds is 5. The average molecular weight is 471 g/mol. The molecule has 6 heteroatoms. The van der Waals surface area contributed by atoms with Crippen LogP contribution in [0, 0.1) is 13.8 Å². The van der Waals surface area contributed by atoms with E-state index in [4.69, 9.17) is 17.0 Å². The Labute approximate surface area is 202 Å². The zero-order valence-electron chi connectivity index (χ0n) is 18.3. The Morgan fingerprint density at radius 2 is 1.61 bits per heavy atom. The lowest BCUT2D eigenvalue weighted by Gasteiger charge is -2.20. The van der Waals surface area contributed by atoms with Crippen LogP contribution in [0.5, 0.6) is 5.75 Å². The number of hydrogen-bond acceptors (Lipinski definition) is 4. The van der Waals surface area contributed by atoms with E-state index in [1.807, 2.05) is 73.1 Å². The topological polar surface area (TPSA) is 34.5 Å². The molecule has 5 rings (SSSR count). The van der Waals surface area contributed by atoms with Crippen molar-refractivity contribution in [3.8, 4) is 5.75 Å². The second kappa shape index (κ2) is 8.89. The maximum absolute atomic E-state index is 13.0. The molecular formula is C27H22N2O2S2. The van der Waals surface area contributed by atoms with E-state index in [1.54, 1.807) is 5.01 Å². The van der Waals surface area contributed by atoms with Crippen LogP contribution in [0.25, 0.3) is 16.8 Å². The fourth-order valence-corrected chi connectivity index (χ4v) is 5.16. The fraction of sp³-hybridized carbons (Fsp3) is 0.111. The molecule has 1 aliphatic heterocycles. The number of amides is 1. The summed E-state index contributed by atoms with van der Waals surface area (Å²) in [4.78, 5) is 13.7. The third kappa shape index (κ3) is 4.32. The first-order chi connectivity index (χ1) is 16.0. The predicted molar refractivity (Wildman–Crippen MR) is 140 cm³/mol. The number of aryl methyl sites for hydroxylation is 2. The van der Waals surface area contributed by atoms with Crippen molar-refractivity contribution in [3.05, 3.63) is 106 Å². The largest absolute Gasteiger partial charge is 0.489 e. The molecule has 33 heavy (non-hydrogen) atoms. The lowest BCUT2D eigenvalue weighted by Crippen LogP contribution is -2.39. The Bertz CT molecular complexity index is 1380. The van der Waals surface area contributed by atoms with Crippen molar-refractivity contribution >= 4 is 51.1 Å². The summed E-state index contributed by atoms with van der Waals surface area (Å²) in [6, 6.07) is 26.4. The minimum Gasteiger partial charge on any atom is -0.489 e. The first-order valence-corrected chi connectivity index (χ1v) is 11.9. The molecule has 0 radical (unpaired) electrons. The van der Waals surface area contributed by atoms with Crippen LogP contribution >= 0.6 is 24.0 Å². The zero-order valence-corrected chi connectivity index (χ0v) is 20.0. The Balaban J connectivity index is 1.28. The van der Waals surface area contributed by atoms with Gasteiger partial charge in [-0.15, -0.1) is 0 Å². The number of hydrogen-bond donors (Lipinski definition) is 0. The average Bonchev–Trinajstić information content (AvgIpc) is 3.29. The van der Waals surface area contributed by atoms with Crippen molar-refractivity contribution in [1.82, 2.24) is 4.68 Å². The van der Waals surface area contributed by atoms with E-state index in [1.165, 1.54) is 22.5 Å². The fourth-order valence-electron chi connectivity index (χ4n) is 3.91. The maximum atomic E-state index is 13.0. The van der Waals surface area contributed by atoms with E-state index >= 15 is 0 Å². The van der Waals surface area contributed by atoms with Gasteiger partial charge in [-0.2, -0.15) is 5.01 Å². The molecule has 1 saturated heterocycles. The van der Waals surface area contributed by atoms with Crippen molar-refractivity contribution in [2.24, 2.45) is 0 Å². The third-order valence-electron chi connectivity index (χ3n) is 5.60. The molecule has 164 valence electrons. The molecule has 1 fully saturated rings. The minimum atomic E-state index is -0.107. The first-order valence-electron chi connectivity index (χ1n) is 10.6. The molecule has 1 aliphatic rings. The molecule has 1 aromatic heterocycles. The number of carbonyl (C=O) groups excluding carboxylic acids is 1. The molecule has 0 spiro atoms. The van der Waals surface area contributed by atoms with Gasteiger partial charge in [-0.05, 0) is 84.4 Å². The summed E-state index contributed by atoms with van der Waals surface area (Å²) in [7, 11) is 0. The van der Waals surface area contributed by atoms with Gasteiger partial charge in [0.25, 0.3) is 5.91 Å². The number of benzene rings is 3. The highest BCUT2D eigenvalue weighted by molar-refractivity contribution is 8.27. The molecule has 3 aromatic carbocycles. The summed E-state index contributed by atoms with van der Waals surface area (Å²) in [5, 5.41) is 3.99. The summed E-state index contributed by atoms with van der Waals surface area (Å²) in [6.45, 7) is 4.43. The molecule has 0 bridgehead atoms. The minimum absolute atomic E-state index is 0.107. The van der Waals surface area contributed by atoms with E-state index in [0.29, 0.717) is 15.8 Å². The molecule has 0 unspecified atom stereocenters. The van der Waals surface area contributed by atoms with Gasteiger partial charge in [-0.25, -0.2) is 0 Å². The highest BCUT2D eigenvalue weighted by atomic mass is 32.2. The Morgan fingerprint density at radius 3 is 2.33 bits per heavy atom. The third-order valence-corrected chi connectivity index (χ3v) is 6.89. The summed E-state index contributed by atoms with van der Waals surface area (Å²) in [6.07, 6.45) is 1.88. The maximum Gasteiger partial charge on any atom is 0.285 e. The van der Waals surface area contributed by atoms with E-state index in [-0.39, 0.29) is 5.91 Å². The molecule has 2 heterocycles. The Morgan fingerprint density at radius 1 is 0.909 bits per heavy atom. The second-order valence-electron chi connectivity index (χ2n) is 7.96. The number of carbonyl (C=O) groups is 1. The summed E-state index contributed by atoms with van der Waals surface area (Å²) in [5.41, 5.74) is 3.99. The first kappa shape index (κ1) is 21.5. The highest BCUT2D eigenvalue weighted by Crippen LogP contribution is 2.33. The van der Waals surface area contributed by atoms with Gasteiger partial charge >= 0.3 is 0 Å². The number of nitrogens with zero attached hydrogens (tertiary/aromatic N) is 2. The van der Waals surface area contributed by atoms with Crippen LogP contribution in [0.15, 0.2) is 83.8 Å². The molecule has 0 N–H and O–H groups in total. The van der Waals surface area contributed by atoms with Gasteiger partial charge in [-0.3, -0.25) is 9.47 Å². The van der Waals surface area contributed by atoms with E-state index in [9.17, 15) is 4.79 Å². The van der Waals surface area contributed by atoms with Crippen LogP contribution in [0.3, 0.4) is 0 Å². The number of ether oxygens (including phenoxy) is 1. The van der Waals surface area contributed by atoms with Crippen LogP contribution in [-0.4, -0.2) is 14.9 Å². The lowest BCUT2D eigenvalue weighted by molar-refractivity contribution is -0.114. The molecule has 0 aliphatic carbocycles. The van der Waals surface area contributed by atoms with Gasteiger partial charge in [0, 0.05) is 11.4 Å². The zero-order chi connectivity index (χ0) is 22.9. The Kier molecular flexibility index (Phi) is 5.79. The van der Waals surface area contributed by atoms with Crippen molar-refractivity contribution in [3.63, 3.8) is 0 Å². The van der Waals surface area contributed by atoms with Crippen molar-refractivity contribution in [2.75, 3.05) is 5.01 Å². The van der Waals surface area contributed by atoms with Crippen LogP contribution < -0.4 is 9.75 Å². The molecule has 0 saturated carbocycles. The molecular weight excluding hydrogens is 448 g/mol.